The average molecular weight is 252 g/mol. The summed E-state index contributed by atoms with van der Waals surface area (Å²) in [5.74, 6) is 0.231. The first-order valence-corrected chi connectivity index (χ1v) is 5.37. The third-order valence-electron chi connectivity index (χ3n) is 2.90. The molecular formula is C11H10BrNO. The molecule has 1 aliphatic rings. The van der Waals surface area contributed by atoms with Crippen LogP contribution in [0.4, 0.5) is 0 Å². The average Bonchev–Trinajstić information content (AvgIpc) is 2.10. The van der Waals surface area contributed by atoms with Gasteiger partial charge in [-0.15, -0.1) is 0 Å². The lowest BCUT2D eigenvalue weighted by atomic mass is 9.65. The first kappa shape index (κ1) is 9.54. The Balaban J connectivity index is 2.50. The van der Waals surface area contributed by atoms with Crippen LogP contribution in [0.1, 0.15) is 24.8 Å². The molecule has 0 radical (unpaired) electrons. The van der Waals surface area contributed by atoms with E-state index in [1.165, 1.54) is 0 Å². The number of phenolic OH excluding ortho intramolecular Hbond substituents is 1. The lowest BCUT2D eigenvalue weighted by molar-refractivity contribution is 0.311. The van der Waals surface area contributed by atoms with Crippen molar-refractivity contribution >= 4 is 15.9 Å². The fourth-order valence-electron chi connectivity index (χ4n) is 1.86. The Morgan fingerprint density at radius 2 is 2.14 bits per heavy atom. The van der Waals surface area contributed by atoms with E-state index in [0.717, 1.165) is 29.3 Å². The zero-order valence-corrected chi connectivity index (χ0v) is 9.21. The van der Waals surface area contributed by atoms with Gasteiger partial charge in [0.1, 0.15) is 5.75 Å². The summed E-state index contributed by atoms with van der Waals surface area (Å²) in [6, 6.07) is 7.58. The third-order valence-corrected chi connectivity index (χ3v) is 3.39. The lowest BCUT2D eigenvalue weighted by Crippen LogP contribution is -2.32. The van der Waals surface area contributed by atoms with E-state index in [4.69, 9.17) is 5.26 Å². The predicted octanol–water partition coefficient (Wildman–Crippen LogP) is 3.10. The molecule has 0 heterocycles. The largest absolute Gasteiger partial charge is 0.508 e. The Kier molecular flexibility index (Phi) is 2.24. The van der Waals surface area contributed by atoms with Gasteiger partial charge in [0, 0.05) is 10.0 Å². The maximum Gasteiger partial charge on any atom is 0.120 e. The summed E-state index contributed by atoms with van der Waals surface area (Å²) in [5, 5.41) is 18.8. The van der Waals surface area contributed by atoms with Gasteiger partial charge in [0.2, 0.25) is 0 Å². The fourth-order valence-corrected chi connectivity index (χ4v) is 2.22. The van der Waals surface area contributed by atoms with Gasteiger partial charge in [0.25, 0.3) is 0 Å². The molecule has 0 spiro atoms. The molecule has 1 aromatic rings. The van der Waals surface area contributed by atoms with Crippen LogP contribution in [0.3, 0.4) is 0 Å². The zero-order valence-electron chi connectivity index (χ0n) is 7.63. The molecular weight excluding hydrogens is 242 g/mol. The lowest BCUT2D eigenvalue weighted by Gasteiger charge is -2.36. The van der Waals surface area contributed by atoms with E-state index in [9.17, 15) is 5.11 Å². The number of hydrogen-bond acceptors (Lipinski definition) is 2. The van der Waals surface area contributed by atoms with Gasteiger partial charge in [-0.05, 0) is 37.5 Å². The van der Waals surface area contributed by atoms with Crippen LogP contribution in [-0.4, -0.2) is 5.11 Å². The van der Waals surface area contributed by atoms with Crippen LogP contribution >= 0.6 is 15.9 Å². The van der Waals surface area contributed by atoms with Crippen molar-refractivity contribution in [2.45, 2.75) is 24.7 Å². The molecule has 0 aromatic heterocycles. The highest BCUT2D eigenvalue weighted by Crippen LogP contribution is 2.46. The van der Waals surface area contributed by atoms with E-state index in [0.29, 0.717) is 0 Å². The second kappa shape index (κ2) is 3.29. The number of benzene rings is 1. The van der Waals surface area contributed by atoms with Crippen LogP contribution in [0.15, 0.2) is 22.7 Å². The fraction of sp³-hybridized carbons (Fsp3) is 0.364. The SMILES string of the molecule is N#CC1(c2cc(Br)ccc2O)CCC1. The molecule has 2 rings (SSSR count). The molecule has 0 unspecified atom stereocenters. The number of phenols is 1. The van der Waals surface area contributed by atoms with Crippen molar-refractivity contribution in [3.8, 4) is 11.8 Å². The molecule has 1 aromatic carbocycles. The van der Waals surface area contributed by atoms with Gasteiger partial charge in [0.15, 0.2) is 0 Å². The molecule has 1 aliphatic carbocycles. The molecule has 0 bridgehead atoms. The second-order valence-corrected chi connectivity index (χ2v) is 4.62. The summed E-state index contributed by atoms with van der Waals surface area (Å²) in [7, 11) is 0. The zero-order chi connectivity index (χ0) is 10.2. The summed E-state index contributed by atoms with van der Waals surface area (Å²) in [5.41, 5.74) is 0.328. The molecule has 0 amide bonds. The highest BCUT2D eigenvalue weighted by molar-refractivity contribution is 9.10. The Labute approximate surface area is 91.3 Å². The van der Waals surface area contributed by atoms with Crippen LogP contribution in [0, 0.1) is 11.3 Å². The van der Waals surface area contributed by atoms with Crippen LogP contribution in [0.5, 0.6) is 5.75 Å². The Bertz CT molecular complexity index is 404. The van der Waals surface area contributed by atoms with Gasteiger partial charge in [-0.25, -0.2) is 0 Å². The minimum absolute atomic E-state index is 0.231. The summed E-state index contributed by atoms with van der Waals surface area (Å²) >= 11 is 3.35. The molecule has 0 aliphatic heterocycles. The van der Waals surface area contributed by atoms with Crippen molar-refractivity contribution in [1.29, 1.82) is 5.26 Å². The number of aromatic hydroxyl groups is 1. The second-order valence-electron chi connectivity index (χ2n) is 3.71. The summed E-state index contributed by atoms with van der Waals surface area (Å²) < 4.78 is 0.909. The van der Waals surface area contributed by atoms with Gasteiger partial charge in [-0.3, -0.25) is 0 Å². The Morgan fingerprint density at radius 3 is 2.64 bits per heavy atom. The van der Waals surface area contributed by atoms with Crippen molar-refractivity contribution in [1.82, 2.24) is 0 Å². The van der Waals surface area contributed by atoms with Gasteiger partial charge >= 0.3 is 0 Å². The summed E-state index contributed by atoms with van der Waals surface area (Å²) in [4.78, 5) is 0. The first-order chi connectivity index (χ1) is 6.68. The molecule has 0 saturated heterocycles. The predicted molar refractivity (Wildman–Crippen MR) is 56.9 cm³/mol. The van der Waals surface area contributed by atoms with Crippen LogP contribution in [-0.2, 0) is 5.41 Å². The summed E-state index contributed by atoms with van der Waals surface area (Å²) in [6.45, 7) is 0. The minimum Gasteiger partial charge on any atom is -0.508 e. The third kappa shape index (κ3) is 1.31. The Morgan fingerprint density at radius 1 is 1.43 bits per heavy atom. The van der Waals surface area contributed by atoms with E-state index in [1.807, 2.05) is 6.07 Å². The Hall–Kier alpha value is -1.01. The van der Waals surface area contributed by atoms with Crippen LogP contribution in [0.25, 0.3) is 0 Å². The van der Waals surface area contributed by atoms with Gasteiger partial charge in [0.05, 0.1) is 11.5 Å². The highest BCUT2D eigenvalue weighted by atomic mass is 79.9. The summed E-state index contributed by atoms with van der Waals surface area (Å²) in [6.07, 6.45) is 2.78. The first-order valence-electron chi connectivity index (χ1n) is 4.58. The van der Waals surface area contributed by atoms with Crippen molar-refractivity contribution in [3.05, 3.63) is 28.2 Å². The number of halogens is 1. The molecule has 14 heavy (non-hydrogen) atoms. The monoisotopic (exact) mass is 251 g/mol. The number of nitrogens with zero attached hydrogens (tertiary/aromatic N) is 1. The van der Waals surface area contributed by atoms with Gasteiger partial charge < -0.3 is 5.11 Å². The number of hydrogen-bond donors (Lipinski definition) is 1. The number of nitriles is 1. The molecule has 1 fully saturated rings. The van der Waals surface area contributed by atoms with E-state index in [-0.39, 0.29) is 5.75 Å². The maximum absolute atomic E-state index is 9.69. The van der Waals surface area contributed by atoms with Gasteiger partial charge in [-0.2, -0.15) is 5.26 Å². The minimum atomic E-state index is -0.437. The van der Waals surface area contributed by atoms with E-state index >= 15 is 0 Å². The standard InChI is InChI=1S/C11H10BrNO/c12-8-2-3-10(14)9(6-8)11(7-13)4-1-5-11/h2-3,6,14H,1,4-5H2. The van der Waals surface area contributed by atoms with Crippen molar-refractivity contribution in [3.63, 3.8) is 0 Å². The quantitative estimate of drug-likeness (QED) is 0.834. The maximum atomic E-state index is 9.69. The topological polar surface area (TPSA) is 44.0 Å². The molecule has 3 heteroatoms. The van der Waals surface area contributed by atoms with Crippen molar-refractivity contribution in [2.24, 2.45) is 0 Å². The van der Waals surface area contributed by atoms with Crippen LogP contribution in [0.2, 0.25) is 0 Å². The molecule has 1 saturated carbocycles. The van der Waals surface area contributed by atoms with Gasteiger partial charge in [-0.1, -0.05) is 15.9 Å². The van der Waals surface area contributed by atoms with Crippen LogP contribution < -0.4 is 0 Å². The van der Waals surface area contributed by atoms with Crippen molar-refractivity contribution in [2.75, 3.05) is 0 Å². The normalized spacial score (nSPS) is 18.3. The molecule has 72 valence electrons. The smallest absolute Gasteiger partial charge is 0.120 e. The molecule has 1 N–H and O–H groups in total. The molecule has 0 atom stereocenters. The number of rotatable bonds is 1. The van der Waals surface area contributed by atoms with E-state index in [2.05, 4.69) is 22.0 Å². The molecule has 2 nitrogen and oxygen atoms in total. The van der Waals surface area contributed by atoms with E-state index in [1.54, 1.807) is 12.1 Å². The van der Waals surface area contributed by atoms with E-state index < -0.39 is 5.41 Å². The highest BCUT2D eigenvalue weighted by Gasteiger charge is 2.40. The van der Waals surface area contributed by atoms with Crippen molar-refractivity contribution < 1.29 is 5.11 Å².